The molecule has 330 valence electrons. The summed E-state index contributed by atoms with van der Waals surface area (Å²) in [7, 11) is 0. The highest BCUT2D eigenvalue weighted by Gasteiger charge is 2.24. The largest absolute Gasteiger partial charge is 0.456 e. The number of allylic oxidation sites excluding steroid dienone is 1. The lowest BCUT2D eigenvalue weighted by Gasteiger charge is -2.21. The van der Waals surface area contributed by atoms with E-state index in [0.717, 1.165) is 99.2 Å². The van der Waals surface area contributed by atoms with Crippen LogP contribution in [0.15, 0.2) is 228 Å². The van der Waals surface area contributed by atoms with Gasteiger partial charge < -0.3 is 13.4 Å². The Kier molecular flexibility index (Phi) is 9.77. The maximum Gasteiger partial charge on any atom is 0.164 e. The van der Waals surface area contributed by atoms with Crippen molar-refractivity contribution in [1.29, 1.82) is 0 Å². The maximum absolute atomic E-state index is 6.28. The van der Waals surface area contributed by atoms with Crippen LogP contribution in [0.1, 0.15) is 6.92 Å². The van der Waals surface area contributed by atoms with Gasteiger partial charge in [-0.1, -0.05) is 152 Å². The fourth-order valence-electron chi connectivity index (χ4n) is 10.1. The van der Waals surface area contributed by atoms with Crippen LogP contribution in [-0.2, 0) is 0 Å². The Hall–Kier alpha value is -9.39. The molecule has 0 aliphatic carbocycles. The number of rotatable bonds is 8. The molecule has 9 aromatic carbocycles. The van der Waals surface area contributed by atoms with Crippen molar-refractivity contribution in [1.82, 2.24) is 19.5 Å². The van der Waals surface area contributed by atoms with E-state index < -0.39 is 0 Å². The Balaban J connectivity index is 1.10. The van der Waals surface area contributed by atoms with Gasteiger partial charge in [-0.15, -0.1) is 0 Å². The van der Waals surface area contributed by atoms with Gasteiger partial charge in [-0.2, -0.15) is 0 Å². The number of hydrogen-bond donors (Lipinski definition) is 0. The van der Waals surface area contributed by atoms with Gasteiger partial charge in [-0.25, -0.2) is 15.0 Å². The molecule has 6 nitrogen and oxygen atoms in total. The van der Waals surface area contributed by atoms with Crippen molar-refractivity contribution in [2.45, 2.75) is 6.92 Å². The predicted molar refractivity (Wildman–Crippen MR) is 288 cm³/mol. The number of fused-ring (bicyclic) bond motifs is 7. The summed E-state index contributed by atoms with van der Waals surface area (Å²) in [4.78, 5) is 16.1. The van der Waals surface area contributed by atoms with E-state index in [1.165, 1.54) is 21.9 Å². The van der Waals surface area contributed by atoms with Crippen LogP contribution in [0.4, 0.5) is 0 Å². The first-order valence-electron chi connectivity index (χ1n) is 23.5. The predicted octanol–water partition coefficient (Wildman–Crippen LogP) is 15.4. The van der Waals surface area contributed by atoms with Gasteiger partial charge >= 0.3 is 0 Å². The molecule has 0 atom stereocenters. The fraction of sp³-hybridized carbons (Fsp3) is 0.0156. The van der Waals surface area contributed by atoms with E-state index in [0.29, 0.717) is 17.5 Å². The molecule has 0 aliphatic heterocycles. The number of nitrogens with zero attached hydrogens (tertiary/aromatic N) is 4. The average Bonchev–Trinajstić information content (AvgIpc) is 4.09. The molecule has 0 saturated heterocycles. The zero-order valence-electron chi connectivity index (χ0n) is 38.2. The van der Waals surface area contributed by atoms with Gasteiger partial charge in [0.15, 0.2) is 17.5 Å². The van der Waals surface area contributed by atoms with Crippen LogP contribution in [0.3, 0.4) is 0 Å². The molecule has 6 heteroatoms. The van der Waals surface area contributed by atoms with Crippen LogP contribution < -0.4 is 10.6 Å². The lowest BCUT2D eigenvalue weighted by atomic mass is 9.92. The second kappa shape index (κ2) is 16.7. The number of hydrogen-bond acceptors (Lipinski definition) is 5. The number of benzene rings is 9. The highest BCUT2D eigenvalue weighted by Crippen LogP contribution is 2.44. The van der Waals surface area contributed by atoms with Gasteiger partial charge in [-0.3, -0.25) is 0 Å². The minimum absolute atomic E-state index is 0.537. The van der Waals surface area contributed by atoms with Crippen LogP contribution in [-0.4, -0.2) is 19.5 Å². The summed E-state index contributed by atoms with van der Waals surface area (Å²) >= 11 is 0. The van der Waals surface area contributed by atoms with Gasteiger partial charge in [0, 0.05) is 60.0 Å². The van der Waals surface area contributed by atoms with Crippen molar-refractivity contribution in [2.75, 3.05) is 0 Å². The van der Waals surface area contributed by atoms with E-state index in [1.54, 1.807) is 6.08 Å². The topological polar surface area (TPSA) is 69.9 Å². The summed E-state index contributed by atoms with van der Waals surface area (Å²) in [6.45, 7) is 5.98. The minimum Gasteiger partial charge on any atom is -0.456 e. The first-order chi connectivity index (χ1) is 34.6. The second-order valence-electron chi connectivity index (χ2n) is 17.5. The van der Waals surface area contributed by atoms with E-state index in [-0.39, 0.29) is 0 Å². The monoisotopic (exact) mass is 898 g/mol. The molecule has 4 aromatic heterocycles. The molecular weight excluding hydrogens is 857 g/mol. The van der Waals surface area contributed by atoms with Gasteiger partial charge in [0.2, 0.25) is 0 Å². The third-order valence-electron chi connectivity index (χ3n) is 13.4. The summed E-state index contributed by atoms with van der Waals surface area (Å²) in [5, 5.41) is 6.29. The molecule has 0 spiro atoms. The lowest BCUT2D eigenvalue weighted by Crippen LogP contribution is -2.18. The molecule has 0 fully saturated rings. The van der Waals surface area contributed by atoms with Crippen molar-refractivity contribution in [2.24, 2.45) is 0 Å². The molecule has 0 amide bonds. The van der Waals surface area contributed by atoms with E-state index >= 15 is 0 Å². The number of furan rings is 2. The SMILES string of the molecule is C=C/C=c1\c(=C/C)oc2ccc(-c3nc(-c4cc(-c5ccccc5)c(-n5c6ccccc6c6cc(-c7ccccc7)ccc65)c(-c5ccccc5)c4)nc(-c4ccc5oc6ccccc6c5c4)n3)cc12. The van der Waals surface area contributed by atoms with Gasteiger partial charge in [-0.05, 0) is 108 Å². The quantitative estimate of drug-likeness (QED) is 0.152. The van der Waals surface area contributed by atoms with E-state index in [1.807, 2.05) is 61.5 Å². The number of aromatic nitrogens is 4. The van der Waals surface area contributed by atoms with Crippen molar-refractivity contribution < 1.29 is 8.83 Å². The van der Waals surface area contributed by atoms with Crippen molar-refractivity contribution in [3.05, 3.63) is 230 Å². The Morgan fingerprint density at radius 3 is 1.54 bits per heavy atom. The Bertz CT molecular complexity index is 4260. The molecule has 0 unspecified atom stereocenters. The molecular formula is C64H42N4O2. The summed E-state index contributed by atoms with van der Waals surface area (Å²) in [6.07, 6.45) is 5.75. The van der Waals surface area contributed by atoms with Crippen molar-refractivity contribution >= 4 is 66.9 Å². The van der Waals surface area contributed by atoms with E-state index in [2.05, 4.69) is 175 Å². The van der Waals surface area contributed by atoms with Gasteiger partial charge in [0.1, 0.15) is 22.2 Å². The molecule has 0 bridgehead atoms. The van der Waals surface area contributed by atoms with Gasteiger partial charge in [0.05, 0.1) is 16.7 Å². The van der Waals surface area contributed by atoms with Crippen LogP contribution in [0.25, 0.3) is 140 Å². The van der Waals surface area contributed by atoms with Crippen molar-refractivity contribution in [3.63, 3.8) is 0 Å². The summed E-state index contributed by atoms with van der Waals surface area (Å²) < 4.78 is 15.0. The first kappa shape index (κ1) is 40.8. The third-order valence-corrected chi connectivity index (χ3v) is 13.4. The zero-order valence-corrected chi connectivity index (χ0v) is 38.2. The molecule has 0 saturated carbocycles. The standard InChI is InChI=1S/C64H42N4O2/c1-3-18-48-53-36-44(30-33-59(53)69-57(48)4-2)62-65-63(45-31-34-60-54(37-45)49-26-15-17-28-58(49)70-60)67-64(66-62)46-38-50(41-21-10-6-11-22-41)61(51(39-46)42-23-12-7-13-24-42)68-55-27-16-14-25-47(55)52-35-43(29-32-56(52)68)40-19-8-5-9-20-40/h3-39H,1H2,2H3/b48-18-,57-4+. The fourth-order valence-corrected chi connectivity index (χ4v) is 10.1. The van der Waals surface area contributed by atoms with Crippen LogP contribution in [0.5, 0.6) is 0 Å². The Labute approximate surface area is 403 Å². The molecule has 4 heterocycles. The van der Waals surface area contributed by atoms with Gasteiger partial charge in [0.25, 0.3) is 0 Å². The highest BCUT2D eigenvalue weighted by atomic mass is 16.3. The molecule has 13 rings (SSSR count). The zero-order chi connectivity index (χ0) is 46.7. The number of para-hydroxylation sites is 2. The molecule has 0 aliphatic rings. The van der Waals surface area contributed by atoms with Crippen molar-refractivity contribution in [3.8, 4) is 73.2 Å². The molecule has 0 N–H and O–H groups in total. The lowest BCUT2D eigenvalue weighted by molar-refractivity contribution is 0.575. The summed E-state index contributed by atoms with van der Waals surface area (Å²) in [6, 6.07) is 72.4. The minimum atomic E-state index is 0.537. The highest BCUT2D eigenvalue weighted by molar-refractivity contribution is 6.12. The van der Waals surface area contributed by atoms with Crippen LogP contribution >= 0.6 is 0 Å². The summed E-state index contributed by atoms with van der Waals surface area (Å²) in [5.74, 6) is 1.62. The smallest absolute Gasteiger partial charge is 0.164 e. The van der Waals surface area contributed by atoms with E-state index in [9.17, 15) is 0 Å². The van der Waals surface area contributed by atoms with E-state index in [4.69, 9.17) is 23.8 Å². The van der Waals surface area contributed by atoms with Crippen LogP contribution in [0, 0.1) is 0 Å². The first-order valence-corrected chi connectivity index (χ1v) is 23.5. The molecule has 70 heavy (non-hydrogen) atoms. The molecule has 0 radical (unpaired) electrons. The average molecular weight is 899 g/mol. The third kappa shape index (κ3) is 6.84. The Morgan fingerprint density at radius 1 is 0.400 bits per heavy atom. The summed E-state index contributed by atoms with van der Waals surface area (Å²) in [5.41, 5.74) is 15.6. The molecule has 13 aromatic rings. The van der Waals surface area contributed by atoms with Crippen LogP contribution in [0.2, 0.25) is 0 Å². The second-order valence-corrected chi connectivity index (χ2v) is 17.5. The Morgan fingerprint density at radius 2 is 0.900 bits per heavy atom. The normalized spacial score (nSPS) is 12.3. The maximum atomic E-state index is 6.28.